The molecule has 0 radical (unpaired) electrons. The van der Waals surface area contributed by atoms with Gasteiger partial charge >= 0.3 is 5.97 Å². The fourth-order valence-corrected chi connectivity index (χ4v) is 3.48. The average molecular weight is 418 g/mol. The molecule has 0 spiro atoms. The molecule has 30 heavy (non-hydrogen) atoms. The number of carbonyl (C=O) groups excluding carboxylic acids is 3. The first-order valence-electron chi connectivity index (χ1n) is 11.6. The lowest BCUT2D eigenvalue weighted by Gasteiger charge is -2.22. The van der Waals surface area contributed by atoms with Gasteiger partial charge in [-0.25, -0.2) is 4.79 Å². The number of hydrogen-bond donors (Lipinski definition) is 1. The van der Waals surface area contributed by atoms with E-state index >= 15 is 0 Å². The third-order valence-electron chi connectivity index (χ3n) is 5.34. The van der Waals surface area contributed by atoms with Gasteiger partial charge in [0.1, 0.15) is 6.04 Å². The van der Waals surface area contributed by atoms with Gasteiger partial charge in [-0.2, -0.15) is 0 Å². The van der Waals surface area contributed by atoms with Crippen molar-refractivity contribution in [1.82, 2.24) is 5.32 Å². The number of ether oxygens (including phenoxy) is 1. The minimum atomic E-state index is -0.969. The van der Waals surface area contributed by atoms with E-state index in [-0.39, 0.29) is 18.3 Å². The van der Waals surface area contributed by atoms with Crippen molar-refractivity contribution in [3.05, 3.63) is 35.9 Å². The van der Waals surface area contributed by atoms with E-state index in [0.29, 0.717) is 12.0 Å². The molecule has 1 N–H and O–H groups in total. The van der Waals surface area contributed by atoms with Crippen LogP contribution in [-0.2, 0) is 14.3 Å². The van der Waals surface area contributed by atoms with Gasteiger partial charge < -0.3 is 10.1 Å². The summed E-state index contributed by atoms with van der Waals surface area (Å²) in [6.07, 6.45) is 10.9. The molecular formula is C25H39NO4. The van der Waals surface area contributed by atoms with Crippen LogP contribution in [0.15, 0.2) is 30.3 Å². The van der Waals surface area contributed by atoms with Crippen LogP contribution in [0.3, 0.4) is 0 Å². The Morgan fingerprint density at radius 2 is 1.43 bits per heavy atom. The highest BCUT2D eigenvalue weighted by molar-refractivity contribution is 6.01. The van der Waals surface area contributed by atoms with Crippen molar-refractivity contribution in [3.8, 4) is 0 Å². The fraction of sp³-hybridized carbons (Fsp3) is 0.640. The van der Waals surface area contributed by atoms with Crippen LogP contribution in [0.2, 0.25) is 0 Å². The molecule has 0 saturated carbocycles. The summed E-state index contributed by atoms with van der Waals surface area (Å²) in [6.45, 7) is 5.80. The summed E-state index contributed by atoms with van der Waals surface area (Å²) in [7, 11) is 0. The highest BCUT2D eigenvalue weighted by Crippen LogP contribution is 2.15. The molecule has 5 heteroatoms. The Morgan fingerprint density at radius 1 is 0.867 bits per heavy atom. The van der Waals surface area contributed by atoms with Crippen LogP contribution in [0.5, 0.6) is 0 Å². The second-order valence-electron chi connectivity index (χ2n) is 7.89. The quantitative estimate of drug-likeness (QED) is 0.220. The molecule has 0 aliphatic rings. The van der Waals surface area contributed by atoms with E-state index in [1.54, 1.807) is 38.1 Å². The summed E-state index contributed by atoms with van der Waals surface area (Å²) in [5.41, 5.74) is 0.521. The van der Waals surface area contributed by atoms with Crippen LogP contribution in [0.4, 0.5) is 0 Å². The first-order chi connectivity index (χ1) is 14.5. The number of carbonyl (C=O) groups is 3. The molecule has 1 amide bonds. The van der Waals surface area contributed by atoms with Crippen molar-refractivity contribution in [2.24, 2.45) is 5.92 Å². The molecule has 0 saturated heterocycles. The minimum Gasteiger partial charge on any atom is -0.464 e. The van der Waals surface area contributed by atoms with Gasteiger partial charge in [0, 0.05) is 12.0 Å². The van der Waals surface area contributed by atoms with Gasteiger partial charge in [0.15, 0.2) is 5.78 Å². The third kappa shape index (κ3) is 10.0. The number of hydrogen-bond acceptors (Lipinski definition) is 4. The van der Waals surface area contributed by atoms with Crippen LogP contribution in [-0.4, -0.2) is 30.3 Å². The highest BCUT2D eigenvalue weighted by Gasteiger charge is 2.33. The molecule has 1 aromatic carbocycles. The Bertz CT molecular complexity index is 629. The number of unbranched alkanes of at least 4 members (excludes halogenated alkanes) is 8. The second-order valence-corrected chi connectivity index (χ2v) is 7.89. The molecule has 0 fully saturated rings. The van der Waals surface area contributed by atoms with Gasteiger partial charge in [-0.3, -0.25) is 9.59 Å². The third-order valence-corrected chi connectivity index (χ3v) is 5.34. The van der Waals surface area contributed by atoms with Crippen molar-refractivity contribution >= 4 is 17.7 Å². The number of amides is 1. The molecule has 168 valence electrons. The first kappa shape index (κ1) is 25.9. The van der Waals surface area contributed by atoms with E-state index in [0.717, 1.165) is 19.3 Å². The molecule has 0 aromatic heterocycles. The zero-order valence-electron chi connectivity index (χ0n) is 19.0. The van der Waals surface area contributed by atoms with Gasteiger partial charge in [0.05, 0.1) is 12.5 Å². The van der Waals surface area contributed by atoms with E-state index in [1.165, 1.54) is 38.5 Å². The highest BCUT2D eigenvalue weighted by atomic mass is 16.5. The van der Waals surface area contributed by atoms with Crippen LogP contribution < -0.4 is 5.32 Å². The van der Waals surface area contributed by atoms with E-state index in [1.807, 2.05) is 6.07 Å². The van der Waals surface area contributed by atoms with Crippen LogP contribution in [0.25, 0.3) is 0 Å². The van der Waals surface area contributed by atoms with Crippen LogP contribution in [0, 0.1) is 5.92 Å². The zero-order chi connectivity index (χ0) is 22.2. The predicted octanol–water partition coefficient (Wildman–Crippen LogP) is 5.47. The van der Waals surface area contributed by atoms with Crippen LogP contribution in [0.1, 0.15) is 95.3 Å². The maximum atomic E-state index is 12.7. The van der Waals surface area contributed by atoms with E-state index in [2.05, 4.69) is 12.2 Å². The van der Waals surface area contributed by atoms with Crippen molar-refractivity contribution in [2.75, 3.05) is 6.61 Å². The number of ketones is 1. The SMILES string of the molecule is CCCCCCCCCCCC(=O)NC(C(=O)OCC)C(C)C(=O)c1ccccc1. The Morgan fingerprint density at radius 3 is 2.00 bits per heavy atom. The van der Waals surface area contributed by atoms with Gasteiger partial charge in [-0.15, -0.1) is 0 Å². The number of esters is 1. The predicted molar refractivity (Wildman–Crippen MR) is 120 cm³/mol. The van der Waals surface area contributed by atoms with E-state index in [9.17, 15) is 14.4 Å². The smallest absolute Gasteiger partial charge is 0.329 e. The Hall–Kier alpha value is -2.17. The van der Waals surface area contributed by atoms with Crippen molar-refractivity contribution in [2.45, 2.75) is 91.0 Å². The monoisotopic (exact) mass is 417 g/mol. The summed E-state index contributed by atoms with van der Waals surface area (Å²) < 4.78 is 5.10. The summed E-state index contributed by atoms with van der Waals surface area (Å²) in [5.74, 6) is -1.64. The Kier molecular flexibility index (Phi) is 13.5. The zero-order valence-corrected chi connectivity index (χ0v) is 19.0. The molecule has 1 aromatic rings. The molecule has 0 heterocycles. The Balaban J connectivity index is 2.47. The van der Waals surface area contributed by atoms with Gasteiger partial charge in [0.25, 0.3) is 0 Å². The maximum Gasteiger partial charge on any atom is 0.329 e. The lowest BCUT2D eigenvalue weighted by atomic mass is 9.92. The van der Waals surface area contributed by atoms with E-state index in [4.69, 9.17) is 4.74 Å². The minimum absolute atomic E-state index is 0.183. The Labute approximate surface area is 182 Å². The lowest BCUT2D eigenvalue weighted by molar-refractivity contribution is -0.148. The topological polar surface area (TPSA) is 72.5 Å². The van der Waals surface area contributed by atoms with Crippen molar-refractivity contribution in [3.63, 3.8) is 0 Å². The molecule has 2 unspecified atom stereocenters. The molecule has 0 bridgehead atoms. The van der Waals surface area contributed by atoms with Gasteiger partial charge in [0.2, 0.25) is 5.91 Å². The second kappa shape index (κ2) is 15.6. The molecular weight excluding hydrogens is 378 g/mol. The van der Waals surface area contributed by atoms with Crippen molar-refractivity contribution < 1.29 is 19.1 Å². The molecule has 2 atom stereocenters. The van der Waals surface area contributed by atoms with E-state index < -0.39 is 17.9 Å². The summed E-state index contributed by atoms with van der Waals surface area (Å²) >= 11 is 0. The van der Waals surface area contributed by atoms with Gasteiger partial charge in [-0.1, -0.05) is 95.5 Å². The summed E-state index contributed by atoms with van der Waals surface area (Å²) in [4.78, 5) is 37.5. The standard InChI is InChI=1S/C25H39NO4/c1-4-6-7-8-9-10-11-12-16-19-22(27)26-23(25(29)30-5-2)20(3)24(28)21-17-14-13-15-18-21/h13-15,17-18,20,23H,4-12,16,19H2,1-3H3,(H,26,27). The number of Topliss-reactive ketones (excluding diaryl/α,β-unsaturated/α-hetero) is 1. The molecule has 0 aliphatic heterocycles. The summed E-state index contributed by atoms with van der Waals surface area (Å²) in [5, 5.41) is 2.74. The largest absolute Gasteiger partial charge is 0.464 e. The number of rotatable bonds is 16. The van der Waals surface area contributed by atoms with Crippen LogP contribution >= 0.6 is 0 Å². The normalized spacial score (nSPS) is 12.8. The van der Waals surface area contributed by atoms with Gasteiger partial charge in [-0.05, 0) is 13.3 Å². The average Bonchev–Trinajstić information content (AvgIpc) is 2.76. The lowest BCUT2D eigenvalue weighted by Crippen LogP contribution is -2.48. The first-order valence-corrected chi connectivity index (χ1v) is 11.6. The molecule has 5 nitrogen and oxygen atoms in total. The molecule has 1 rings (SSSR count). The fourth-order valence-electron chi connectivity index (χ4n) is 3.48. The molecule has 0 aliphatic carbocycles. The number of benzene rings is 1. The number of nitrogens with one attached hydrogen (secondary N) is 1. The summed E-state index contributed by atoms with van der Waals surface area (Å²) in [6, 6.07) is 7.85. The van der Waals surface area contributed by atoms with Crippen molar-refractivity contribution in [1.29, 1.82) is 0 Å². The maximum absolute atomic E-state index is 12.7.